The van der Waals surface area contributed by atoms with Crippen molar-refractivity contribution in [2.45, 2.75) is 6.54 Å². The van der Waals surface area contributed by atoms with Crippen molar-refractivity contribution in [2.24, 2.45) is 0 Å². The highest BCUT2D eigenvalue weighted by molar-refractivity contribution is 5.99. The van der Waals surface area contributed by atoms with Crippen LogP contribution in [0.4, 0.5) is 0 Å². The first-order valence-corrected chi connectivity index (χ1v) is 11.3. The highest BCUT2D eigenvalue weighted by Gasteiger charge is 2.17. The largest absolute Gasteiger partial charge is 0.465 e. The van der Waals surface area contributed by atoms with Gasteiger partial charge < -0.3 is 15.5 Å². The Morgan fingerprint density at radius 1 is 0.886 bits per heavy atom. The number of carbonyl (C=O) groups is 1. The summed E-state index contributed by atoms with van der Waals surface area (Å²) in [5, 5.41) is 0.475. The molecule has 2 heterocycles. The molecule has 4 N–H and O–H groups in total. The Balaban J connectivity index is 1.80. The number of hydrogen-bond donors (Lipinski definition) is 2. The Morgan fingerprint density at radius 2 is 1.63 bits per heavy atom. The van der Waals surface area contributed by atoms with Gasteiger partial charge in [0, 0.05) is 28.5 Å². The van der Waals surface area contributed by atoms with E-state index in [1.807, 2.05) is 66.7 Å². The standard InChI is InChI=1S/C29H23N3O3/c1-35-29(34)22-9-5-8-21(14-22)25-17-31-28(33)24-15-23(19-6-3-2-4-7-19)26(32-27(24)25)20-12-10-18(16-30)11-13-20/h2-15,17H,16,30H2,1H3,(H,31,33)/p+1. The number of H-pyrrole nitrogens is 1. The number of aromatic amines is 1. The number of nitrogens with one attached hydrogen (secondary N) is 1. The van der Waals surface area contributed by atoms with E-state index in [4.69, 9.17) is 9.72 Å². The van der Waals surface area contributed by atoms with Crippen LogP contribution in [0.1, 0.15) is 15.9 Å². The molecule has 0 aliphatic heterocycles. The van der Waals surface area contributed by atoms with E-state index < -0.39 is 5.97 Å². The van der Waals surface area contributed by atoms with Crippen molar-refractivity contribution in [1.82, 2.24) is 9.97 Å². The molecule has 0 saturated heterocycles. The Kier molecular flexibility index (Phi) is 5.95. The van der Waals surface area contributed by atoms with Crippen molar-refractivity contribution in [3.05, 3.63) is 113 Å². The molecule has 6 heteroatoms. The lowest BCUT2D eigenvalue weighted by molar-refractivity contribution is -0.386. The van der Waals surface area contributed by atoms with Gasteiger partial charge in [0.05, 0.1) is 35.8 Å². The zero-order chi connectivity index (χ0) is 24.4. The molecule has 0 saturated carbocycles. The number of esters is 1. The van der Waals surface area contributed by atoms with E-state index in [-0.39, 0.29) is 5.56 Å². The Hall–Kier alpha value is -4.55. The zero-order valence-corrected chi connectivity index (χ0v) is 19.2. The third-order valence-corrected chi connectivity index (χ3v) is 6.07. The van der Waals surface area contributed by atoms with Crippen molar-refractivity contribution in [3.63, 3.8) is 0 Å². The minimum absolute atomic E-state index is 0.225. The lowest BCUT2D eigenvalue weighted by Gasteiger charge is -2.14. The van der Waals surface area contributed by atoms with Crippen LogP contribution < -0.4 is 11.3 Å². The lowest BCUT2D eigenvalue weighted by Crippen LogP contribution is -2.47. The van der Waals surface area contributed by atoms with E-state index in [2.05, 4.69) is 10.7 Å². The van der Waals surface area contributed by atoms with Crippen molar-refractivity contribution >= 4 is 16.9 Å². The van der Waals surface area contributed by atoms with Gasteiger partial charge in [0.25, 0.3) is 5.56 Å². The molecule has 5 rings (SSSR count). The molecule has 35 heavy (non-hydrogen) atoms. The minimum atomic E-state index is -0.425. The van der Waals surface area contributed by atoms with Crippen LogP contribution in [-0.4, -0.2) is 23.0 Å². The predicted molar refractivity (Wildman–Crippen MR) is 137 cm³/mol. The number of quaternary nitrogens is 1. The number of benzene rings is 3. The molecule has 2 aromatic heterocycles. The SMILES string of the molecule is COC(=O)c1cccc(-c2c[nH]c(=O)c3cc(-c4ccccc4)c(-c4ccc(C[NH3+])cc4)nc23)c1. The predicted octanol–water partition coefficient (Wildman–Crippen LogP) is 4.45. The molecule has 6 nitrogen and oxygen atoms in total. The molecule has 0 radical (unpaired) electrons. The lowest BCUT2D eigenvalue weighted by atomic mass is 9.95. The van der Waals surface area contributed by atoms with E-state index >= 15 is 0 Å². The summed E-state index contributed by atoms with van der Waals surface area (Å²) >= 11 is 0. The molecule has 3 aromatic carbocycles. The van der Waals surface area contributed by atoms with Crippen LogP contribution in [0.15, 0.2) is 95.9 Å². The smallest absolute Gasteiger partial charge is 0.337 e. The van der Waals surface area contributed by atoms with Gasteiger partial charge in [-0.15, -0.1) is 0 Å². The Bertz CT molecular complexity index is 1590. The quantitative estimate of drug-likeness (QED) is 0.377. The first-order valence-electron chi connectivity index (χ1n) is 11.3. The summed E-state index contributed by atoms with van der Waals surface area (Å²) < 4.78 is 4.88. The van der Waals surface area contributed by atoms with Crippen LogP contribution in [0.3, 0.4) is 0 Å². The summed E-state index contributed by atoms with van der Waals surface area (Å²) in [6.07, 6.45) is 1.64. The monoisotopic (exact) mass is 462 g/mol. The van der Waals surface area contributed by atoms with Gasteiger partial charge in [-0.1, -0.05) is 66.7 Å². The molecule has 0 fully saturated rings. The fourth-order valence-electron chi connectivity index (χ4n) is 4.21. The molecule has 0 unspecified atom stereocenters. The second-order valence-electron chi connectivity index (χ2n) is 8.20. The number of carbonyl (C=O) groups excluding carboxylic acids is 1. The summed E-state index contributed by atoms with van der Waals surface area (Å²) in [5.74, 6) is -0.425. The zero-order valence-electron chi connectivity index (χ0n) is 19.2. The number of rotatable bonds is 5. The molecule has 0 amide bonds. The fraction of sp³-hybridized carbons (Fsp3) is 0.0690. The van der Waals surface area contributed by atoms with Gasteiger partial charge in [0.15, 0.2) is 0 Å². The van der Waals surface area contributed by atoms with Crippen LogP contribution in [0, 0.1) is 0 Å². The molecular formula is C29H24N3O3+. The summed E-state index contributed by atoms with van der Waals surface area (Å²) in [6, 6.07) is 27.1. The van der Waals surface area contributed by atoms with Crippen molar-refractivity contribution < 1.29 is 15.3 Å². The van der Waals surface area contributed by atoms with Crippen molar-refractivity contribution in [2.75, 3.05) is 7.11 Å². The number of pyridine rings is 2. The molecule has 0 aliphatic carbocycles. The molecular weight excluding hydrogens is 438 g/mol. The van der Waals surface area contributed by atoms with Crippen LogP contribution in [0.25, 0.3) is 44.4 Å². The second-order valence-corrected chi connectivity index (χ2v) is 8.20. The van der Waals surface area contributed by atoms with Gasteiger partial charge in [0.1, 0.15) is 0 Å². The van der Waals surface area contributed by atoms with E-state index in [1.165, 1.54) is 7.11 Å². The van der Waals surface area contributed by atoms with Crippen LogP contribution in [0.5, 0.6) is 0 Å². The third-order valence-electron chi connectivity index (χ3n) is 6.07. The summed E-state index contributed by atoms with van der Waals surface area (Å²) in [7, 11) is 1.35. The molecule has 0 aliphatic rings. The van der Waals surface area contributed by atoms with Gasteiger partial charge >= 0.3 is 5.97 Å². The molecule has 5 aromatic rings. The number of hydrogen-bond acceptors (Lipinski definition) is 4. The summed E-state index contributed by atoms with van der Waals surface area (Å²) in [5.41, 5.74) is 10.9. The normalized spacial score (nSPS) is 10.9. The average molecular weight is 463 g/mol. The number of aromatic nitrogens is 2. The topological polar surface area (TPSA) is 99.7 Å². The van der Waals surface area contributed by atoms with Gasteiger partial charge in [-0.05, 0) is 29.3 Å². The van der Waals surface area contributed by atoms with Crippen LogP contribution >= 0.6 is 0 Å². The highest BCUT2D eigenvalue weighted by Crippen LogP contribution is 2.35. The molecule has 172 valence electrons. The maximum absolute atomic E-state index is 12.9. The van der Waals surface area contributed by atoms with Crippen LogP contribution in [0.2, 0.25) is 0 Å². The first kappa shape index (κ1) is 22.3. The van der Waals surface area contributed by atoms with Gasteiger partial charge in [-0.2, -0.15) is 0 Å². The molecule has 0 atom stereocenters. The van der Waals surface area contributed by atoms with Gasteiger partial charge in [-0.25, -0.2) is 9.78 Å². The van der Waals surface area contributed by atoms with Crippen LogP contribution in [-0.2, 0) is 11.3 Å². The number of fused-ring (bicyclic) bond motifs is 1. The Morgan fingerprint density at radius 3 is 2.34 bits per heavy atom. The first-order chi connectivity index (χ1) is 17.1. The Labute approximate surface area is 202 Å². The second kappa shape index (κ2) is 9.37. The third kappa shape index (κ3) is 4.23. The fourth-order valence-corrected chi connectivity index (χ4v) is 4.21. The maximum Gasteiger partial charge on any atom is 0.337 e. The average Bonchev–Trinajstić information content (AvgIpc) is 2.93. The van der Waals surface area contributed by atoms with Crippen molar-refractivity contribution in [1.29, 1.82) is 0 Å². The number of methoxy groups -OCH3 is 1. The van der Waals surface area contributed by atoms with Crippen molar-refractivity contribution in [3.8, 4) is 33.5 Å². The van der Waals surface area contributed by atoms with Gasteiger partial charge in [0.2, 0.25) is 0 Å². The number of ether oxygens (including phenoxy) is 1. The highest BCUT2D eigenvalue weighted by atomic mass is 16.5. The van der Waals surface area contributed by atoms with Gasteiger partial charge in [-0.3, -0.25) is 4.79 Å². The summed E-state index contributed by atoms with van der Waals surface area (Å²) in [4.78, 5) is 32.9. The summed E-state index contributed by atoms with van der Waals surface area (Å²) in [6.45, 7) is 0.701. The molecule has 0 bridgehead atoms. The number of nitrogens with zero attached hydrogens (tertiary/aromatic N) is 1. The van der Waals surface area contributed by atoms with E-state index in [0.29, 0.717) is 23.0 Å². The van der Waals surface area contributed by atoms with E-state index in [0.717, 1.165) is 39.1 Å². The van der Waals surface area contributed by atoms with E-state index in [9.17, 15) is 9.59 Å². The minimum Gasteiger partial charge on any atom is -0.465 e. The molecule has 0 spiro atoms. The maximum atomic E-state index is 12.9. The van der Waals surface area contributed by atoms with E-state index in [1.54, 1.807) is 24.4 Å².